The number of amides is 5. The average Bonchev–Trinajstić information content (AvgIpc) is 4.39. The summed E-state index contributed by atoms with van der Waals surface area (Å²) in [7, 11) is 1.79. The van der Waals surface area contributed by atoms with Gasteiger partial charge in [0, 0.05) is 96.4 Å². The molecule has 3 aromatic carbocycles. The summed E-state index contributed by atoms with van der Waals surface area (Å²) in [5, 5.41) is 34.5. The Morgan fingerprint density at radius 1 is 0.827 bits per heavy atom. The molecule has 0 aliphatic carbocycles. The van der Waals surface area contributed by atoms with Crippen molar-refractivity contribution in [3.63, 3.8) is 0 Å². The number of nitrogens with zero attached hydrogens (tertiary/aromatic N) is 11. The molecule has 0 bridgehead atoms. The van der Waals surface area contributed by atoms with Crippen LogP contribution in [0.5, 0.6) is 0 Å². The second-order valence-electron chi connectivity index (χ2n) is 21.3. The lowest BCUT2D eigenvalue weighted by Gasteiger charge is -2.32. The Morgan fingerprint density at radius 2 is 1.57 bits per heavy atom. The maximum absolute atomic E-state index is 15.9. The van der Waals surface area contributed by atoms with Crippen molar-refractivity contribution in [3.8, 4) is 16.1 Å². The van der Waals surface area contributed by atoms with Gasteiger partial charge < -0.3 is 30.4 Å². The highest BCUT2D eigenvalue weighted by molar-refractivity contribution is 7.15. The molecule has 5 amide bonds. The minimum absolute atomic E-state index is 0.0150. The van der Waals surface area contributed by atoms with E-state index in [1.54, 1.807) is 51.0 Å². The van der Waals surface area contributed by atoms with Crippen LogP contribution in [0.3, 0.4) is 0 Å². The van der Waals surface area contributed by atoms with Gasteiger partial charge in [0.1, 0.15) is 42.3 Å². The number of aliphatic imine (C=N–C) groups is 1. The predicted octanol–water partition coefficient (Wildman–Crippen LogP) is 7.04. The van der Waals surface area contributed by atoms with Crippen LogP contribution in [-0.2, 0) is 48.9 Å². The number of aliphatic carboxylic acids is 1. The minimum Gasteiger partial charge on any atom is -0.480 e. The summed E-state index contributed by atoms with van der Waals surface area (Å²) < 4.78 is 21.2. The Morgan fingerprint density at radius 3 is 2.32 bits per heavy atom. The van der Waals surface area contributed by atoms with E-state index < -0.39 is 36.7 Å². The molecule has 20 nitrogen and oxygen atoms in total. The van der Waals surface area contributed by atoms with E-state index in [-0.39, 0.29) is 42.1 Å². The number of hydrogen-bond acceptors (Lipinski definition) is 12. The highest BCUT2D eigenvalue weighted by Crippen LogP contribution is 2.41. The van der Waals surface area contributed by atoms with Gasteiger partial charge in [-0.25, -0.2) is 4.39 Å². The van der Waals surface area contributed by atoms with Gasteiger partial charge in [0.05, 0.1) is 35.2 Å². The van der Waals surface area contributed by atoms with Crippen molar-refractivity contribution in [1.82, 2.24) is 59.7 Å². The molecule has 11 rings (SSSR count). The molecular formula is C58H65ClFN13O7S. The SMILES string of the molecule is CC(=O)N1CCCC1C(=O)N1CCCC(CC(=O)N2CCC(c3nn(CC(=O)NCC(=O)NCC(=O)O)c4cccc(-c5cc6c(cnn6C)cc5F)c34)CC2)CC1.Cc1sc2c(c1C)C(c1ccc(Cl)cc1)=NCc1nnc(C)n1-2. The lowest BCUT2D eigenvalue weighted by Crippen LogP contribution is -2.47. The number of carboxylic acids is 1. The number of carboxylic acid groups (broad SMARTS) is 1. The molecule has 2 unspecified atom stereocenters. The first kappa shape index (κ1) is 56.4. The molecular weight excluding hydrogens is 1080 g/mol. The Kier molecular flexibility index (Phi) is 16.8. The van der Waals surface area contributed by atoms with Gasteiger partial charge in [-0.05, 0) is 113 Å². The van der Waals surface area contributed by atoms with Crippen molar-refractivity contribution in [2.45, 2.75) is 104 Å². The summed E-state index contributed by atoms with van der Waals surface area (Å²) in [6.07, 6.45) is 7.12. The summed E-state index contributed by atoms with van der Waals surface area (Å²) in [4.78, 5) is 86.7. The molecule has 3 N–H and O–H groups in total. The number of aromatic nitrogens is 7. The number of carbonyl (C=O) groups excluding carboxylic acids is 5. The van der Waals surface area contributed by atoms with Crippen LogP contribution in [0, 0.1) is 32.5 Å². The summed E-state index contributed by atoms with van der Waals surface area (Å²) >= 11 is 7.80. The number of hydrogen-bond donors (Lipinski definition) is 3. The molecule has 2 atom stereocenters. The van der Waals surface area contributed by atoms with Crippen LogP contribution >= 0.6 is 22.9 Å². The summed E-state index contributed by atoms with van der Waals surface area (Å²) in [5.41, 5.74) is 7.52. The maximum Gasteiger partial charge on any atom is 0.322 e. The Bertz CT molecular complexity index is 3620. The molecule has 7 aromatic rings. The number of benzene rings is 3. The van der Waals surface area contributed by atoms with Crippen molar-refractivity contribution >= 4 is 86.0 Å². The number of nitrogens with one attached hydrogen (secondary N) is 2. The number of piperidine rings is 1. The van der Waals surface area contributed by atoms with Crippen molar-refractivity contribution in [2.75, 3.05) is 45.8 Å². The van der Waals surface area contributed by atoms with Gasteiger partial charge in [-0.15, -0.1) is 21.5 Å². The highest BCUT2D eigenvalue weighted by atomic mass is 35.5. The maximum atomic E-state index is 15.9. The molecule has 3 fully saturated rings. The number of carbonyl (C=O) groups is 6. The van der Waals surface area contributed by atoms with E-state index in [4.69, 9.17) is 26.8 Å². The second-order valence-corrected chi connectivity index (χ2v) is 23.0. The molecule has 4 aromatic heterocycles. The van der Waals surface area contributed by atoms with Crippen LogP contribution in [0.2, 0.25) is 5.02 Å². The van der Waals surface area contributed by atoms with Gasteiger partial charge in [-0.2, -0.15) is 10.2 Å². The number of fused-ring (bicyclic) bond motifs is 5. The van der Waals surface area contributed by atoms with E-state index in [2.05, 4.69) is 44.3 Å². The van der Waals surface area contributed by atoms with Crippen LogP contribution in [-0.4, -0.2) is 147 Å². The summed E-state index contributed by atoms with van der Waals surface area (Å²) in [5.74, 6) is -0.952. The third-order valence-electron chi connectivity index (χ3n) is 16.1. The van der Waals surface area contributed by atoms with Crippen LogP contribution < -0.4 is 10.6 Å². The molecule has 81 heavy (non-hydrogen) atoms. The minimum atomic E-state index is -1.20. The normalized spacial score (nSPS) is 17.4. The molecule has 4 aliphatic heterocycles. The fraction of sp³-hybridized carbons (Fsp3) is 0.431. The first-order chi connectivity index (χ1) is 38.9. The number of likely N-dealkylation sites (tertiary alicyclic amines) is 3. The van der Waals surface area contributed by atoms with Gasteiger partial charge in [0.2, 0.25) is 29.5 Å². The summed E-state index contributed by atoms with van der Waals surface area (Å²) in [6.45, 7) is 9.92. The number of rotatable bonds is 12. The Hall–Kier alpha value is -7.85. The zero-order chi connectivity index (χ0) is 57.2. The van der Waals surface area contributed by atoms with E-state index in [1.807, 2.05) is 53.1 Å². The number of halogens is 2. The fourth-order valence-electron chi connectivity index (χ4n) is 11.7. The highest BCUT2D eigenvalue weighted by Gasteiger charge is 2.37. The fourth-order valence-corrected chi connectivity index (χ4v) is 13.1. The topological polar surface area (TPSA) is 235 Å². The van der Waals surface area contributed by atoms with Crippen molar-refractivity contribution < 1.29 is 38.3 Å². The monoisotopic (exact) mass is 1140 g/mol. The van der Waals surface area contributed by atoms with E-state index in [0.29, 0.717) is 98.1 Å². The molecule has 0 saturated carbocycles. The predicted molar refractivity (Wildman–Crippen MR) is 305 cm³/mol. The molecule has 4 aliphatic rings. The van der Waals surface area contributed by atoms with Crippen molar-refractivity contribution in [1.29, 1.82) is 0 Å². The van der Waals surface area contributed by atoms with Gasteiger partial charge in [-0.1, -0.05) is 35.9 Å². The van der Waals surface area contributed by atoms with E-state index >= 15 is 4.39 Å². The lowest BCUT2D eigenvalue weighted by molar-refractivity contribution is -0.142. The number of thiophene rings is 1. The Balaban J connectivity index is 0.000000264. The van der Waals surface area contributed by atoms with Gasteiger partial charge in [0.25, 0.3) is 0 Å². The zero-order valence-corrected chi connectivity index (χ0v) is 47.6. The summed E-state index contributed by atoms with van der Waals surface area (Å²) in [6, 6.07) is 16.1. The average molecular weight is 1140 g/mol. The molecule has 424 valence electrons. The third kappa shape index (κ3) is 12.0. The van der Waals surface area contributed by atoms with Crippen molar-refractivity contribution in [3.05, 3.63) is 111 Å². The van der Waals surface area contributed by atoms with Crippen molar-refractivity contribution in [2.24, 2.45) is 18.0 Å². The van der Waals surface area contributed by atoms with Gasteiger partial charge in [-0.3, -0.25) is 47.7 Å². The molecule has 0 radical (unpaired) electrons. The van der Waals surface area contributed by atoms with Gasteiger partial charge in [0.15, 0.2) is 5.82 Å². The quantitative estimate of drug-likeness (QED) is 0.112. The van der Waals surface area contributed by atoms with Crippen LogP contribution in [0.25, 0.3) is 37.9 Å². The molecule has 8 heterocycles. The first-order valence-corrected chi connectivity index (χ1v) is 28.6. The standard InChI is InChI=1S/C41H50FN9O7.C17H15ClN4S/c1-25(52)50-14-5-9-33(50)41(58)49-13-4-6-26(10-15-49)18-37(55)48-16-11-27(12-17-48)40-39-29(30-20-34-28(19-31(30)42)21-45-47(34)2)7-3-8-32(39)51(46-40)24-36(54)43-22-35(53)44-23-38(56)57;1-9-10(2)23-17-15(9)16(12-4-6-13(18)7-5-12)19-8-14-21-20-11(3)22(14)17/h3,7-8,19-21,26-27,33H,4-6,9-18,22-24H2,1-2H3,(H,43,54)(H,44,53)(H,56,57);4-7H,8H2,1-3H3. The van der Waals surface area contributed by atoms with Gasteiger partial charge >= 0.3 is 5.97 Å². The van der Waals surface area contributed by atoms with Crippen LogP contribution in [0.1, 0.15) is 103 Å². The third-order valence-corrected chi connectivity index (χ3v) is 17.5. The smallest absolute Gasteiger partial charge is 0.322 e. The Labute approximate surface area is 476 Å². The molecule has 23 heteroatoms. The zero-order valence-electron chi connectivity index (χ0n) is 46.0. The van der Waals surface area contributed by atoms with E-state index in [0.717, 1.165) is 64.1 Å². The molecule has 0 spiro atoms. The van der Waals surface area contributed by atoms with E-state index in [1.165, 1.54) is 29.0 Å². The largest absolute Gasteiger partial charge is 0.480 e. The first-order valence-electron chi connectivity index (χ1n) is 27.5. The molecule has 3 saturated heterocycles. The second kappa shape index (κ2) is 24.1. The number of aryl methyl sites for hydroxylation is 3. The van der Waals surface area contributed by atoms with Crippen LogP contribution in [0.15, 0.2) is 65.8 Å². The lowest BCUT2D eigenvalue weighted by atomic mass is 9.88. The van der Waals surface area contributed by atoms with E-state index in [9.17, 15) is 28.8 Å². The van der Waals surface area contributed by atoms with Crippen LogP contribution in [0.4, 0.5) is 4.39 Å².